The molecule has 5 heteroatoms. The number of rotatable bonds is 7. The first-order chi connectivity index (χ1) is 12.3. The number of hydrogen-bond donors (Lipinski definition) is 1. The van der Waals surface area contributed by atoms with Gasteiger partial charge in [0.1, 0.15) is 0 Å². The second-order valence-electron chi connectivity index (χ2n) is 6.83. The van der Waals surface area contributed by atoms with E-state index in [1.165, 1.54) is 11.8 Å². The van der Waals surface area contributed by atoms with Crippen molar-refractivity contribution in [2.45, 2.75) is 34.1 Å². The van der Waals surface area contributed by atoms with Crippen molar-refractivity contribution in [3.05, 3.63) is 57.8 Å². The van der Waals surface area contributed by atoms with E-state index < -0.39 is 0 Å². The van der Waals surface area contributed by atoms with E-state index in [1.54, 1.807) is 19.1 Å². The Bertz CT molecular complexity index is 801. The highest BCUT2D eigenvalue weighted by atomic mass is 32.2. The molecule has 0 saturated carbocycles. The van der Waals surface area contributed by atoms with Crippen LogP contribution in [0.4, 0.5) is 0 Å². The number of ketones is 2. The third-order valence-corrected chi connectivity index (χ3v) is 5.31. The van der Waals surface area contributed by atoms with E-state index >= 15 is 0 Å². The number of hydrogen-bond acceptors (Lipinski definition) is 5. The molecular weight excluding hydrogens is 344 g/mol. The number of carbonyl (C=O) groups is 2. The Morgan fingerprint density at radius 2 is 1.92 bits per heavy atom. The third kappa shape index (κ3) is 4.64. The largest absolute Gasteiger partial charge is 0.353 e. The first-order valence-corrected chi connectivity index (χ1v) is 9.67. The minimum absolute atomic E-state index is 0.0154. The van der Waals surface area contributed by atoms with Crippen LogP contribution in [0.2, 0.25) is 0 Å². The summed E-state index contributed by atoms with van der Waals surface area (Å²) >= 11 is 1.33. The predicted octanol–water partition coefficient (Wildman–Crippen LogP) is 4.47. The summed E-state index contributed by atoms with van der Waals surface area (Å²) in [6.07, 6.45) is 0.730. The topological polar surface area (TPSA) is 70.0 Å². The van der Waals surface area contributed by atoms with Crippen LogP contribution in [0.5, 0.6) is 0 Å². The average Bonchev–Trinajstić information content (AvgIpc) is 2.59. The Morgan fingerprint density at radius 1 is 1.27 bits per heavy atom. The lowest BCUT2D eigenvalue weighted by Gasteiger charge is -2.30. The first kappa shape index (κ1) is 20.0. The molecule has 26 heavy (non-hydrogen) atoms. The Labute approximate surface area is 159 Å². The molecule has 1 aliphatic rings. The van der Waals surface area contributed by atoms with Crippen LogP contribution in [0, 0.1) is 23.2 Å². The molecule has 0 aromatic heterocycles. The highest BCUT2D eigenvalue weighted by Crippen LogP contribution is 2.37. The maximum atomic E-state index is 12.4. The van der Waals surface area contributed by atoms with Gasteiger partial charge in [0, 0.05) is 22.8 Å². The number of benzene rings is 1. The number of thioether (sulfide) groups is 1. The number of allylic oxidation sites excluding steroid dienone is 3. The van der Waals surface area contributed by atoms with Gasteiger partial charge in [-0.25, -0.2) is 0 Å². The summed E-state index contributed by atoms with van der Waals surface area (Å²) < 4.78 is 0. The Balaban J connectivity index is 2.27. The lowest BCUT2D eigenvalue weighted by atomic mass is 9.81. The highest BCUT2D eigenvalue weighted by Gasteiger charge is 2.32. The van der Waals surface area contributed by atoms with Gasteiger partial charge in [-0.05, 0) is 26.2 Å². The molecule has 2 rings (SSSR count). The van der Waals surface area contributed by atoms with Gasteiger partial charge in [0.05, 0.1) is 22.4 Å². The van der Waals surface area contributed by atoms with E-state index in [-0.39, 0.29) is 23.2 Å². The molecule has 0 spiro atoms. The minimum Gasteiger partial charge on any atom is -0.353 e. The zero-order valence-corrected chi connectivity index (χ0v) is 16.4. The Hall–Kier alpha value is -2.32. The molecule has 1 heterocycles. The fourth-order valence-corrected chi connectivity index (χ4v) is 4.18. The van der Waals surface area contributed by atoms with Crippen molar-refractivity contribution >= 4 is 23.3 Å². The van der Waals surface area contributed by atoms with E-state index in [1.807, 2.05) is 25.1 Å². The van der Waals surface area contributed by atoms with Gasteiger partial charge in [-0.3, -0.25) is 9.59 Å². The van der Waals surface area contributed by atoms with Gasteiger partial charge in [0.25, 0.3) is 0 Å². The summed E-state index contributed by atoms with van der Waals surface area (Å²) in [6.45, 7) is 7.56. The molecule has 1 aliphatic heterocycles. The molecule has 0 fully saturated rings. The van der Waals surface area contributed by atoms with E-state index in [2.05, 4.69) is 25.2 Å². The number of dihydropyridines is 1. The number of carbonyl (C=O) groups excluding carboxylic acids is 2. The van der Waals surface area contributed by atoms with Gasteiger partial charge in [0.15, 0.2) is 11.6 Å². The quantitative estimate of drug-likeness (QED) is 0.719. The van der Waals surface area contributed by atoms with Crippen LogP contribution in [0.1, 0.15) is 44.5 Å². The number of nitriles is 1. The second kappa shape index (κ2) is 8.86. The summed E-state index contributed by atoms with van der Waals surface area (Å²) in [5.41, 5.74) is 2.66. The summed E-state index contributed by atoms with van der Waals surface area (Å²) in [5.74, 6) is 0.377. The Kier molecular flexibility index (Phi) is 6.82. The van der Waals surface area contributed by atoms with Gasteiger partial charge < -0.3 is 5.32 Å². The minimum atomic E-state index is -0.215. The molecule has 0 amide bonds. The zero-order chi connectivity index (χ0) is 19.3. The Morgan fingerprint density at radius 3 is 2.46 bits per heavy atom. The van der Waals surface area contributed by atoms with E-state index in [0.29, 0.717) is 27.7 Å². The number of Topliss-reactive ketones (excluding diaryl/α,β-unsaturated/α-hetero) is 2. The second-order valence-corrected chi connectivity index (χ2v) is 7.82. The lowest BCUT2D eigenvalue weighted by molar-refractivity contribution is -0.114. The van der Waals surface area contributed by atoms with Crippen LogP contribution >= 0.6 is 11.8 Å². The molecule has 1 N–H and O–H groups in total. The average molecular weight is 369 g/mol. The summed E-state index contributed by atoms with van der Waals surface area (Å²) in [4.78, 5) is 24.5. The molecule has 0 aliphatic carbocycles. The molecule has 136 valence electrons. The molecule has 0 unspecified atom stereocenters. The summed E-state index contributed by atoms with van der Waals surface area (Å²) in [6, 6.07) is 11.4. The SMILES string of the molecule is CC(=O)C1=C(C)NC(SCC(=O)c2ccccc2)=C(C#N)[C@H]1CC(C)C. The third-order valence-electron chi connectivity index (χ3n) is 4.30. The smallest absolute Gasteiger partial charge is 0.173 e. The number of nitrogens with one attached hydrogen (secondary N) is 1. The van der Waals surface area contributed by atoms with E-state index in [9.17, 15) is 14.9 Å². The molecule has 0 radical (unpaired) electrons. The van der Waals surface area contributed by atoms with Gasteiger partial charge in [-0.2, -0.15) is 5.26 Å². The first-order valence-electron chi connectivity index (χ1n) is 8.69. The van der Waals surface area contributed by atoms with Crippen LogP contribution in [0.3, 0.4) is 0 Å². The zero-order valence-electron chi connectivity index (χ0n) is 15.6. The molecule has 0 bridgehead atoms. The summed E-state index contributed by atoms with van der Waals surface area (Å²) in [7, 11) is 0. The van der Waals surface area contributed by atoms with Gasteiger partial charge in [-0.1, -0.05) is 55.9 Å². The van der Waals surface area contributed by atoms with Gasteiger partial charge in [0.2, 0.25) is 0 Å². The monoisotopic (exact) mass is 368 g/mol. The number of nitrogens with zero attached hydrogens (tertiary/aromatic N) is 1. The molecule has 1 atom stereocenters. The van der Waals surface area contributed by atoms with Crippen LogP contribution in [-0.2, 0) is 4.79 Å². The summed E-state index contributed by atoms with van der Waals surface area (Å²) in [5, 5.41) is 13.6. The van der Waals surface area contributed by atoms with Crippen molar-refractivity contribution in [1.82, 2.24) is 5.32 Å². The van der Waals surface area contributed by atoms with Crippen molar-refractivity contribution in [3.8, 4) is 6.07 Å². The van der Waals surface area contributed by atoms with E-state index in [4.69, 9.17) is 0 Å². The predicted molar refractivity (Wildman–Crippen MR) is 105 cm³/mol. The van der Waals surface area contributed by atoms with Crippen molar-refractivity contribution in [2.24, 2.45) is 11.8 Å². The van der Waals surface area contributed by atoms with Crippen molar-refractivity contribution < 1.29 is 9.59 Å². The van der Waals surface area contributed by atoms with Crippen molar-refractivity contribution in [2.75, 3.05) is 5.75 Å². The normalized spacial score (nSPS) is 17.2. The van der Waals surface area contributed by atoms with E-state index in [0.717, 1.165) is 12.1 Å². The molecule has 0 saturated heterocycles. The molecular formula is C21H24N2O2S. The fourth-order valence-electron chi connectivity index (χ4n) is 3.17. The van der Waals surface area contributed by atoms with Crippen molar-refractivity contribution in [1.29, 1.82) is 5.26 Å². The van der Waals surface area contributed by atoms with Crippen molar-refractivity contribution in [3.63, 3.8) is 0 Å². The maximum absolute atomic E-state index is 12.4. The van der Waals surface area contributed by atoms with Gasteiger partial charge in [-0.15, -0.1) is 0 Å². The molecule has 1 aromatic carbocycles. The standard InChI is InChI=1S/C21H24N2O2S/c1-13(2)10-17-18(11-22)21(23-14(3)20(17)15(4)24)26-12-19(25)16-8-6-5-7-9-16/h5-9,13,17,23H,10,12H2,1-4H3/t17-/m1/s1. The molecule has 1 aromatic rings. The maximum Gasteiger partial charge on any atom is 0.173 e. The highest BCUT2D eigenvalue weighted by molar-refractivity contribution is 8.03. The van der Waals surface area contributed by atoms with Crippen LogP contribution in [0.25, 0.3) is 0 Å². The van der Waals surface area contributed by atoms with Gasteiger partial charge >= 0.3 is 0 Å². The fraction of sp³-hybridized carbons (Fsp3) is 0.381. The lowest BCUT2D eigenvalue weighted by Crippen LogP contribution is -2.29. The van der Waals surface area contributed by atoms with Crippen LogP contribution in [0.15, 0.2) is 52.2 Å². The molecule has 4 nitrogen and oxygen atoms in total. The van der Waals surface area contributed by atoms with Crippen LogP contribution in [-0.4, -0.2) is 17.3 Å². The van der Waals surface area contributed by atoms with Crippen LogP contribution < -0.4 is 5.32 Å².